The molecule has 0 heterocycles. The van der Waals surface area contributed by atoms with Gasteiger partial charge in [-0.3, -0.25) is 0 Å². The van der Waals surface area contributed by atoms with Gasteiger partial charge in [-0.1, -0.05) is 36.8 Å². The summed E-state index contributed by atoms with van der Waals surface area (Å²) in [6.45, 7) is 4.93. The van der Waals surface area contributed by atoms with E-state index in [0.717, 1.165) is 6.42 Å². The molecule has 2 nitrogen and oxygen atoms in total. The van der Waals surface area contributed by atoms with Gasteiger partial charge in [-0.2, -0.15) is 0 Å². The minimum atomic E-state index is 0.119. The normalized spacial score (nSPS) is 15.1. The molecular formula is C12H20N2. The zero-order valence-electron chi connectivity index (χ0n) is 9.03. The summed E-state index contributed by atoms with van der Waals surface area (Å²) in [6.07, 6.45) is 0.958. The van der Waals surface area contributed by atoms with Crippen LogP contribution in [-0.4, -0.2) is 6.54 Å². The van der Waals surface area contributed by atoms with Gasteiger partial charge in [-0.15, -0.1) is 0 Å². The summed E-state index contributed by atoms with van der Waals surface area (Å²) in [5.74, 6) is 0.491. The molecule has 0 bridgehead atoms. The number of aryl methyl sites for hydroxylation is 1. The molecule has 14 heavy (non-hydrogen) atoms. The van der Waals surface area contributed by atoms with Crippen LogP contribution in [0.1, 0.15) is 30.5 Å². The second-order valence-electron chi connectivity index (χ2n) is 4.10. The molecule has 0 saturated carbocycles. The van der Waals surface area contributed by atoms with E-state index in [0.29, 0.717) is 12.5 Å². The predicted octanol–water partition coefficient (Wildman–Crippen LogP) is 1.98. The van der Waals surface area contributed by atoms with E-state index in [9.17, 15) is 0 Å². The Morgan fingerprint density at radius 2 is 2.07 bits per heavy atom. The lowest BCUT2D eigenvalue weighted by atomic mass is 9.96. The summed E-state index contributed by atoms with van der Waals surface area (Å²) in [5.41, 5.74) is 14.1. The summed E-state index contributed by atoms with van der Waals surface area (Å²) in [6, 6.07) is 8.49. The Kier molecular flexibility index (Phi) is 4.11. The average Bonchev–Trinajstić information content (AvgIpc) is 2.17. The molecule has 1 aromatic carbocycles. The van der Waals surface area contributed by atoms with E-state index in [1.165, 1.54) is 11.1 Å². The molecule has 0 aliphatic heterocycles. The first-order valence-electron chi connectivity index (χ1n) is 5.15. The van der Waals surface area contributed by atoms with Crippen molar-refractivity contribution in [2.24, 2.45) is 17.4 Å². The predicted molar refractivity (Wildman–Crippen MR) is 60.9 cm³/mol. The summed E-state index contributed by atoms with van der Waals surface area (Å²) >= 11 is 0. The Morgan fingerprint density at radius 1 is 1.36 bits per heavy atom. The van der Waals surface area contributed by atoms with Crippen LogP contribution in [-0.2, 0) is 0 Å². The Morgan fingerprint density at radius 3 is 2.64 bits per heavy atom. The molecule has 78 valence electrons. The molecule has 0 aliphatic carbocycles. The standard InChI is InChI=1S/C12H20N2/c1-9-4-3-5-11(6-9)12(14)7-10(2)8-13/h3-6,10,12H,7-8,13-14H2,1-2H3. The highest BCUT2D eigenvalue weighted by Gasteiger charge is 2.09. The van der Waals surface area contributed by atoms with Gasteiger partial charge in [-0.05, 0) is 31.4 Å². The van der Waals surface area contributed by atoms with E-state index >= 15 is 0 Å². The summed E-state index contributed by atoms with van der Waals surface area (Å²) in [5, 5.41) is 0. The summed E-state index contributed by atoms with van der Waals surface area (Å²) in [4.78, 5) is 0. The van der Waals surface area contributed by atoms with Crippen LogP contribution in [0.3, 0.4) is 0 Å². The van der Waals surface area contributed by atoms with Crippen molar-refractivity contribution < 1.29 is 0 Å². The van der Waals surface area contributed by atoms with E-state index in [1.807, 2.05) is 0 Å². The van der Waals surface area contributed by atoms with Crippen molar-refractivity contribution in [1.82, 2.24) is 0 Å². The molecule has 2 heteroatoms. The molecule has 0 fully saturated rings. The average molecular weight is 192 g/mol. The smallest absolute Gasteiger partial charge is 0.0297 e. The summed E-state index contributed by atoms with van der Waals surface area (Å²) in [7, 11) is 0. The van der Waals surface area contributed by atoms with Gasteiger partial charge in [0.2, 0.25) is 0 Å². The highest BCUT2D eigenvalue weighted by molar-refractivity contribution is 5.24. The van der Waals surface area contributed by atoms with Crippen LogP contribution < -0.4 is 11.5 Å². The van der Waals surface area contributed by atoms with Gasteiger partial charge in [0.1, 0.15) is 0 Å². The van der Waals surface area contributed by atoms with E-state index in [2.05, 4.69) is 38.1 Å². The van der Waals surface area contributed by atoms with Crippen LogP contribution in [0, 0.1) is 12.8 Å². The zero-order valence-corrected chi connectivity index (χ0v) is 9.03. The fourth-order valence-electron chi connectivity index (χ4n) is 1.57. The zero-order chi connectivity index (χ0) is 10.6. The third kappa shape index (κ3) is 3.13. The van der Waals surface area contributed by atoms with Crippen molar-refractivity contribution in [3.63, 3.8) is 0 Å². The largest absolute Gasteiger partial charge is 0.330 e. The van der Waals surface area contributed by atoms with Gasteiger partial charge < -0.3 is 11.5 Å². The first-order valence-corrected chi connectivity index (χ1v) is 5.15. The highest BCUT2D eigenvalue weighted by atomic mass is 14.6. The second-order valence-corrected chi connectivity index (χ2v) is 4.10. The highest BCUT2D eigenvalue weighted by Crippen LogP contribution is 2.18. The van der Waals surface area contributed by atoms with Gasteiger partial charge in [0.15, 0.2) is 0 Å². The third-order valence-electron chi connectivity index (χ3n) is 2.53. The molecular weight excluding hydrogens is 172 g/mol. The number of rotatable bonds is 4. The molecule has 0 radical (unpaired) electrons. The van der Waals surface area contributed by atoms with Crippen LogP contribution >= 0.6 is 0 Å². The van der Waals surface area contributed by atoms with Crippen LogP contribution in [0.2, 0.25) is 0 Å². The van der Waals surface area contributed by atoms with Gasteiger partial charge in [-0.25, -0.2) is 0 Å². The minimum Gasteiger partial charge on any atom is -0.330 e. The SMILES string of the molecule is Cc1cccc(C(N)CC(C)CN)c1. The first kappa shape index (κ1) is 11.2. The third-order valence-corrected chi connectivity index (χ3v) is 2.53. The number of benzene rings is 1. The van der Waals surface area contributed by atoms with E-state index in [-0.39, 0.29) is 6.04 Å². The second kappa shape index (κ2) is 5.13. The van der Waals surface area contributed by atoms with E-state index < -0.39 is 0 Å². The Bertz CT molecular complexity index is 283. The van der Waals surface area contributed by atoms with Crippen molar-refractivity contribution in [3.8, 4) is 0 Å². The van der Waals surface area contributed by atoms with Crippen molar-refractivity contribution in [2.75, 3.05) is 6.54 Å². The van der Waals surface area contributed by atoms with Gasteiger partial charge in [0.05, 0.1) is 0 Å². The maximum absolute atomic E-state index is 6.08. The first-order chi connectivity index (χ1) is 6.63. The summed E-state index contributed by atoms with van der Waals surface area (Å²) < 4.78 is 0. The quantitative estimate of drug-likeness (QED) is 0.766. The molecule has 2 unspecified atom stereocenters. The lowest BCUT2D eigenvalue weighted by Gasteiger charge is -2.16. The van der Waals surface area contributed by atoms with Crippen molar-refractivity contribution in [1.29, 1.82) is 0 Å². The maximum Gasteiger partial charge on any atom is 0.0297 e. The Balaban J connectivity index is 2.64. The molecule has 0 saturated heterocycles. The molecule has 1 aromatic rings. The van der Waals surface area contributed by atoms with Crippen molar-refractivity contribution in [2.45, 2.75) is 26.3 Å². The van der Waals surface area contributed by atoms with Crippen LogP contribution in [0.15, 0.2) is 24.3 Å². The Labute approximate surface area is 86.3 Å². The minimum absolute atomic E-state index is 0.119. The van der Waals surface area contributed by atoms with Gasteiger partial charge in [0.25, 0.3) is 0 Å². The topological polar surface area (TPSA) is 52.0 Å². The Hall–Kier alpha value is -0.860. The molecule has 2 atom stereocenters. The number of nitrogens with two attached hydrogens (primary N) is 2. The molecule has 0 spiro atoms. The van der Waals surface area contributed by atoms with Crippen LogP contribution in [0.25, 0.3) is 0 Å². The monoisotopic (exact) mass is 192 g/mol. The fraction of sp³-hybridized carbons (Fsp3) is 0.500. The van der Waals surface area contributed by atoms with Crippen molar-refractivity contribution in [3.05, 3.63) is 35.4 Å². The molecule has 0 amide bonds. The number of hydrogen-bond acceptors (Lipinski definition) is 2. The number of hydrogen-bond donors (Lipinski definition) is 2. The lowest BCUT2D eigenvalue weighted by molar-refractivity contribution is 0.482. The van der Waals surface area contributed by atoms with E-state index in [4.69, 9.17) is 11.5 Å². The molecule has 1 rings (SSSR count). The van der Waals surface area contributed by atoms with Crippen LogP contribution in [0.4, 0.5) is 0 Å². The lowest BCUT2D eigenvalue weighted by Crippen LogP contribution is -2.19. The van der Waals surface area contributed by atoms with Gasteiger partial charge in [0, 0.05) is 6.04 Å². The maximum atomic E-state index is 6.08. The van der Waals surface area contributed by atoms with Gasteiger partial charge >= 0.3 is 0 Å². The van der Waals surface area contributed by atoms with Crippen molar-refractivity contribution >= 4 is 0 Å². The molecule has 4 N–H and O–H groups in total. The molecule has 0 aliphatic rings. The fourth-order valence-corrected chi connectivity index (χ4v) is 1.57. The van der Waals surface area contributed by atoms with Crippen LogP contribution in [0.5, 0.6) is 0 Å². The molecule has 0 aromatic heterocycles. The van der Waals surface area contributed by atoms with E-state index in [1.54, 1.807) is 0 Å².